The second-order valence-electron chi connectivity index (χ2n) is 4.91. The van der Waals surface area contributed by atoms with Crippen molar-refractivity contribution in [2.45, 2.75) is 38.1 Å². The van der Waals surface area contributed by atoms with E-state index >= 15 is 0 Å². The summed E-state index contributed by atoms with van der Waals surface area (Å²) in [6, 6.07) is 1.86. The summed E-state index contributed by atoms with van der Waals surface area (Å²) >= 11 is 1.41. The quantitative estimate of drug-likeness (QED) is 0.430. The molecule has 1 aromatic rings. The fourth-order valence-electron chi connectivity index (χ4n) is 1.53. The monoisotopic (exact) mass is 349 g/mol. The Morgan fingerprint density at radius 2 is 1.95 bits per heavy atom. The zero-order chi connectivity index (χ0) is 16.9. The van der Waals surface area contributed by atoms with Crippen LogP contribution in [0.15, 0.2) is 17.5 Å². The summed E-state index contributed by atoms with van der Waals surface area (Å²) in [5, 5.41) is 6.54. The second-order valence-corrected chi connectivity index (χ2v) is 7.89. The van der Waals surface area contributed by atoms with Gasteiger partial charge < -0.3 is 26.2 Å². The summed E-state index contributed by atoms with van der Waals surface area (Å²) in [5.74, 6) is -2.52. The summed E-state index contributed by atoms with van der Waals surface area (Å²) in [5.41, 5.74) is 5.46. The Kier molecular flexibility index (Phi) is 6.70. The Morgan fingerprint density at radius 1 is 1.32 bits per heavy atom. The number of nitrogens with one attached hydrogen (secondary N) is 2. The van der Waals surface area contributed by atoms with Crippen LogP contribution in [-0.4, -0.2) is 39.5 Å². The van der Waals surface area contributed by atoms with Crippen molar-refractivity contribution in [2.24, 2.45) is 5.73 Å². The van der Waals surface area contributed by atoms with Crippen molar-refractivity contribution in [1.82, 2.24) is 10.6 Å². The Labute approximate surface area is 132 Å². The lowest BCUT2D eigenvalue weighted by molar-refractivity contribution is -0.129. The highest BCUT2D eigenvalue weighted by atomic mass is 32.1. The van der Waals surface area contributed by atoms with E-state index in [2.05, 4.69) is 10.6 Å². The molecule has 1 heterocycles. The van der Waals surface area contributed by atoms with E-state index in [0.29, 0.717) is 0 Å². The van der Waals surface area contributed by atoms with E-state index in [1.807, 2.05) is 5.38 Å². The van der Waals surface area contributed by atoms with Gasteiger partial charge in [0.2, 0.25) is 11.8 Å². The molecule has 0 spiro atoms. The van der Waals surface area contributed by atoms with E-state index in [4.69, 9.17) is 15.5 Å². The molecule has 0 aromatic carbocycles. The molecular formula is C12H20N3O5PS. The van der Waals surface area contributed by atoms with Crippen molar-refractivity contribution >= 4 is 30.7 Å². The minimum atomic E-state index is -4.44. The molecule has 10 heteroatoms. The lowest BCUT2D eigenvalue weighted by atomic mass is 10.1. The summed E-state index contributed by atoms with van der Waals surface area (Å²) in [6.07, 6.45) is 0.218. The van der Waals surface area contributed by atoms with Gasteiger partial charge in [-0.3, -0.25) is 14.2 Å². The lowest BCUT2D eigenvalue weighted by Gasteiger charge is -2.22. The van der Waals surface area contributed by atoms with Gasteiger partial charge in [-0.1, -0.05) is 6.07 Å². The molecule has 2 amide bonds. The molecule has 8 nitrogen and oxygen atoms in total. The molecule has 0 aliphatic heterocycles. The third kappa shape index (κ3) is 5.86. The Morgan fingerprint density at radius 3 is 2.41 bits per heavy atom. The maximum Gasteiger partial charge on any atom is 0.347 e. The Balaban J connectivity index is 2.82. The molecule has 124 valence electrons. The molecule has 0 bridgehead atoms. The zero-order valence-electron chi connectivity index (χ0n) is 12.2. The maximum absolute atomic E-state index is 12.2. The molecule has 1 aromatic heterocycles. The van der Waals surface area contributed by atoms with Crippen LogP contribution in [0.25, 0.3) is 0 Å². The van der Waals surface area contributed by atoms with Crippen LogP contribution < -0.4 is 16.4 Å². The third-order valence-electron chi connectivity index (χ3n) is 2.89. The SMILES string of the molecule is CC(NC(=O)[C@H](Cc1cccs1)NC(=O)[C@H](C)N)P(=O)(O)O. The van der Waals surface area contributed by atoms with Gasteiger partial charge in [0.05, 0.1) is 6.04 Å². The van der Waals surface area contributed by atoms with Gasteiger partial charge in [0.1, 0.15) is 11.8 Å². The maximum atomic E-state index is 12.2. The molecule has 0 saturated carbocycles. The first-order chi connectivity index (χ1) is 10.1. The van der Waals surface area contributed by atoms with Crippen LogP contribution in [0.1, 0.15) is 18.7 Å². The number of hydrogen-bond donors (Lipinski definition) is 5. The zero-order valence-corrected chi connectivity index (χ0v) is 13.9. The van der Waals surface area contributed by atoms with Crippen LogP contribution in [0.4, 0.5) is 0 Å². The van der Waals surface area contributed by atoms with Crippen molar-refractivity contribution in [1.29, 1.82) is 0 Å². The highest BCUT2D eigenvalue weighted by molar-refractivity contribution is 7.52. The van der Waals surface area contributed by atoms with E-state index in [1.54, 1.807) is 12.1 Å². The number of carbonyl (C=O) groups excluding carboxylic acids is 2. The molecule has 1 unspecified atom stereocenters. The molecular weight excluding hydrogens is 329 g/mol. The third-order valence-corrected chi connectivity index (χ3v) is 4.92. The number of rotatable bonds is 7. The molecule has 0 radical (unpaired) electrons. The molecule has 0 fully saturated rings. The van der Waals surface area contributed by atoms with Crippen molar-refractivity contribution in [2.75, 3.05) is 0 Å². The van der Waals surface area contributed by atoms with Gasteiger partial charge in [0.25, 0.3) is 0 Å². The topological polar surface area (TPSA) is 142 Å². The first kappa shape index (κ1) is 18.8. The fraction of sp³-hybridized carbons (Fsp3) is 0.500. The highest BCUT2D eigenvalue weighted by Crippen LogP contribution is 2.39. The number of nitrogens with two attached hydrogens (primary N) is 1. The lowest BCUT2D eigenvalue weighted by Crippen LogP contribution is -2.53. The van der Waals surface area contributed by atoms with Crippen LogP contribution in [0.2, 0.25) is 0 Å². The summed E-state index contributed by atoms with van der Waals surface area (Å²) in [7, 11) is -4.44. The van der Waals surface area contributed by atoms with Crippen molar-refractivity contribution in [3.63, 3.8) is 0 Å². The number of amides is 2. The van der Waals surface area contributed by atoms with Crippen molar-refractivity contribution in [3.05, 3.63) is 22.4 Å². The van der Waals surface area contributed by atoms with Gasteiger partial charge in [0.15, 0.2) is 0 Å². The first-order valence-electron chi connectivity index (χ1n) is 6.55. The highest BCUT2D eigenvalue weighted by Gasteiger charge is 2.30. The van der Waals surface area contributed by atoms with Crippen LogP contribution in [-0.2, 0) is 20.6 Å². The van der Waals surface area contributed by atoms with Crippen molar-refractivity contribution < 1.29 is 23.9 Å². The van der Waals surface area contributed by atoms with Crippen LogP contribution in [0.3, 0.4) is 0 Å². The Hall–Kier alpha value is -1.25. The van der Waals surface area contributed by atoms with E-state index in [1.165, 1.54) is 25.2 Å². The van der Waals surface area contributed by atoms with E-state index in [0.717, 1.165) is 4.88 Å². The minimum absolute atomic E-state index is 0.218. The predicted octanol–water partition coefficient (Wildman–Crippen LogP) is -0.237. The number of hydrogen-bond acceptors (Lipinski definition) is 5. The van der Waals surface area contributed by atoms with Gasteiger partial charge in [-0.15, -0.1) is 11.3 Å². The van der Waals surface area contributed by atoms with Crippen LogP contribution in [0, 0.1) is 0 Å². The molecule has 22 heavy (non-hydrogen) atoms. The van der Waals surface area contributed by atoms with Gasteiger partial charge in [-0.2, -0.15) is 0 Å². The molecule has 0 aliphatic rings. The standard InChI is InChI=1S/C12H20N3O5PS/c1-7(13)11(16)15-10(6-9-4-3-5-22-9)12(17)14-8(2)21(18,19)20/h3-5,7-8,10H,6,13H2,1-2H3,(H,14,17)(H,15,16)(H2,18,19,20)/t7-,8?,10-/m0/s1. The second kappa shape index (κ2) is 7.85. The van der Waals surface area contributed by atoms with Gasteiger partial charge in [0, 0.05) is 11.3 Å². The fourth-order valence-corrected chi connectivity index (χ4v) is 2.58. The first-order valence-corrected chi connectivity index (χ1v) is 9.11. The van der Waals surface area contributed by atoms with E-state index in [9.17, 15) is 14.2 Å². The molecule has 1 rings (SSSR count). The molecule has 0 saturated heterocycles. The van der Waals surface area contributed by atoms with Crippen LogP contribution in [0.5, 0.6) is 0 Å². The summed E-state index contributed by atoms with van der Waals surface area (Å²) in [6.45, 7) is 2.68. The minimum Gasteiger partial charge on any atom is -0.343 e. The normalized spacial score (nSPS) is 15.7. The van der Waals surface area contributed by atoms with Crippen LogP contribution >= 0.6 is 18.9 Å². The van der Waals surface area contributed by atoms with Gasteiger partial charge in [-0.25, -0.2) is 0 Å². The number of thiophene rings is 1. The average Bonchev–Trinajstić information content (AvgIpc) is 2.89. The van der Waals surface area contributed by atoms with Gasteiger partial charge >= 0.3 is 7.60 Å². The number of carbonyl (C=O) groups is 2. The van der Waals surface area contributed by atoms with E-state index in [-0.39, 0.29) is 6.42 Å². The van der Waals surface area contributed by atoms with Crippen molar-refractivity contribution in [3.8, 4) is 0 Å². The van der Waals surface area contributed by atoms with Gasteiger partial charge in [-0.05, 0) is 25.3 Å². The van der Waals surface area contributed by atoms with E-state index < -0.39 is 37.3 Å². The summed E-state index contributed by atoms with van der Waals surface area (Å²) in [4.78, 5) is 42.8. The molecule has 6 N–H and O–H groups in total. The summed E-state index contributed by atoms with van der Waals surface area (Å²) < 4.78 is 11.1. The average molecular weight is 349 g/mol. The molecule has 3 atom stereocenters. The smallest absolute Gasteiger partial charge is 0.343 e. The predicted molar refractivity (Wildman–Crippen MR) is 83.3 cm³/mol. The Bertz CT molecular complexity index is 557. The largest absolute Gasteiger partial charge is 0.347 e. The molecule has 0 aliphatic carbocycles.